The minimum Gasteiger partial charge on any atom is -0.325 e. The number of aromatic nitrogens is 2. The molecule has 2 N–H and O–H groups in total. The van der Waals surface area contributed by atoms with Crippen LogP contribution in [0.15, 0.2) is 0 Å². The Morgan fingerprint density at radius 3 is 3.00 bits per heavy atom. The number of nitrogens with zero attached hydrogens (tertiary/aromatic N) is 2. The van der Waals surface area contributed by atoms with Crippen LogP contribution < -0.4 is 5.73 Å². The topological polar surface area (TPSA) is 43.8 Å². The standard InChI is InChI=1S/C11H17N3S/c12-6-11-9-4-5-15-7-10(9)13-14(11)8-2-1-3-8/h8H,1-7,12H2. The lowest BCUT2D eigenvalue weighted by molar-refractivity contribution is 0.281. The number of fused-ring (bicyclic) bond motifs is 1. The van der Waals surface area contributed by atoms with Gasteiger partial charge in [0.25, 0.3) is 0 Å². The molecule has 0 amide bonds. The van der Waals surface area contributed by atoms with Crippen molar-refractivity contribution in [2.75, 3.05) is 5.75 Å². The molecule has 15 heavy (non-hydrogen) atoms. The van der Waals surface area contributed by atoms with Crippen LogP contribution in [-0.2, 0) is 18.7 Å². The molecule has 0 atom stereocenters. The second kappa shape index (κ2) is 3.83. The summed E-state index contributed by atoms with van der Waals surface area (Å²) < 4.78 is 2.24. The summed E-state index contributed by atoms with van der Waals surface area (Å²) in [7, 11) is 0. The highest BCUT2D eigenvalue weighted by Gasteiger charge is 2.27. The van der Waals surface area contributed by atoms with Crippen molar-refractivity contribution >= 4 is 11.8 Å². The average Bonchev–Trinajstić information content (AvgIpc) is 2.53. The summed E-state index contributed by atoms with van der Waals surface area (Å²) in [5.74, 6) is 2.32. The van der Waals surface area contributed by atoms with Gasteiger partial charge in [-0.25, -0.2) is 0 Å². The molecule has 2 aliphatic rings. The Morgan fingerprint density at radius 2 is 2.33 bits per heavy atom. The van der Waals surface area contributed by atoms with Crippen molar-refractivity contribution in [3.8, 4) is 0 Å². The number of hydrogen-bond acceptors (Lipinski definition) is 3. The molecule has 1 aliphatic carbocycles. The van der Waals surface area contributed by atoms with Crippen molar-refractivity contribution in [3.63, 3.8) is 0 Å². The monoisotopic (exact) mass is 223 g/mol. The summed E-state index contributed by atoms with van der Waals surface area (Å²) in [5.41, 5.74) is 9.95. The van der Waals surface area contributed by atoms with Crippen LogP contribution in [0.3, 0.4) is 0 Å². The molecule has 1 aliphatic heterocycles. The fourth-order valence-corrected chi connectivity index (χ4v) is 3.37. The third-order valence-corrected chi connectivity index (χ3v) is 4.52. The smallest absolute Gasteiger partial charge is 0.0759 e. The van der Waals surface area contributed by atoms with Crippen molar-refractivity contribution in [1.82, 2.24) is 9.78 Å². The highest BCUT2D eigenvalue weighted by atomic mass is 32.2. The first kappa shape index (κ1) is 9.73. The minimum atomic E-state index is 0.652. The lowest BCUT2D eigenvalue weighted by atomic mass is 9.93. The summed E-state index contributed by atoms with van der Waals surface area (Å²) in [6.07, 6.45) is 5.11. The first-order valence-electron chi connectivity index (χ1n) is 5.77. The minimum absolute atomic E-state index is 0.652. The molecule has 3 nitrogen and oxygen atoms in total. The summed E-state index contributed by atoms with van der Waals surface area (Å²) in [4.78, 5) is 0. The van der Waals surface area contributed by atoms with Gasteiger partial charge < -0.3 is 5.73 Å². The fraction of sp³-hybridized carbons (Fsp3) is 0.727. The van der Waals surface area contributed by atoms with Gasteiger partial charge in [0, 0.05) is 12.3 Å². The molecule has 4 heteroatoms. The Labute approximate surface area is 94.4 Å². The largest absolute Gasteiger partial charge is 0.325 e. The van der Waals surface area contributed by atoms with E-state index in [9.17, 15) is 0 Å². The van der Waals surface area contributed by atoms with Crippen LogP contribution in [0.25, 0.3) is 0 Å². The fourth-order valence-electron chi connectivity index (χ4n) is 2.45. The van der Waals surface area contributed by atoms with Crippen LogP contribution in [0.5, 0.6) is 0 Å². The van der Waals surface area contributed by atoms with Crippen molar-refractivity contribution in [1.29, 1.82) is 0 Å². The molecule has 0 radical (unpaired) electrons. The summed E-state index contributed by atoms with van der Waals surface area (Å²) >= 11 is 1.99. The van der Waals surface area contributed by atoms with E-state index in [1.807, 2.05) is 11.8 Å². The zero-order valence-electron chi connectivity index (χ0n) is 8.91. The molecule has 82 valence electrons. The Morgan fingerprint density at radius 1 is 1.47 bits per heavy atom. The van der Waals surface area contributed by atoms with Gasteiger partial charge in [-0.2, -0.15) is 16.9 Å². The van der Waals surface area contributed by atoms with E-state index in [1.165, 1.54) is 48.4 Å². The van der Waals surface area contributed by atoms with Crippen LogP contribution in [0.1, 0.15) is 42.3 Å². The molecule has 1 aromatic rings. The maximum absolute atomic E-state index is 5.87. The Hall–Kier alpha value is -0.480. The molecule has 3 rings (SSSR count). The van der Waals surface area contributed by atoms with Gasteiger partial charge in [0.1, 0.15) is 0 Å². The number of thioether (sulfide) groups is 1. The van der Waals surface area contributed by atoms with Crippen molar-refractivity contribution in [2.24, 2.45) is 5.73 Å². The second-order valence-electron chi connectivity index (χ2n) is 4.41. The van der Waals surface area contributed by atoms with E-state index in [1.54, 1.807) is 0 Å². The first-order chi connectivity index (χ1) is 7.40. The van der Waals surface area contributed by atoms with Gasteiger partial charge in [0.2, 0.25) is 0 Å². The lowest BCUT2D eigenvalue weighted by Gasteiger charge is -2.27. The van der Waals surface area contributed by atoms with Gasteiger partial charge in [0.15, 0.2) is 0 Å². The molecule has 2 heterocycles. The first-order valence-corrected chi connectivity index (χ1v) is 6.92. The molecule has 0 bridgehead atoms. The van der Waals surface area contributed by atoms with Gasteiger partial charge in [-0.15, -0.1) is 0 Å². The van der Waals surface area contributed by atoms with E-state index in [0.29, 0.717) is 12.6 Å². The van der Waals surface area contributed by atoms with E-state index < -0.39 is 0 Å². The third-order valence-electron chi connectivity index (χ3n) is 3.55. The molecule has 1 aromatic heterocycles. The SMILES string of the molecule is NCc1c2c(nn1C1CCC1)CSCC2. The van der Waals surface area contributed by atoms with E-state index >= 15 is 0 Å². The third kappa shape index (κ3) is 1.51. The highest BCUT2D eigenvalue weighted by Crippen LogP contribution is 2.35. The van der Waals surface area contributed by atoms with Gasteiger partial charge in [-0.1, -0.05) is 0 Å². The zero-order valence-corrected chi connectivity index (χ0v) is 9.72. The van der Waals surface area contributed by atoms with E-state index in [4.69, 9.17) is 10.8 Å². The highest BCUT2D eigenvalue weighted by molar-refractivity contribution is 7.98. The van der Waals surface area contributed by atoms with Crippen molar-refractivity contribution in [3.05, 3.63) is 17.0 Å². The van der Waals surface area contributed by atoms with E-state index in [0.717, 1.165) is 5.75 Å². The maximum atomic E-state index is 5.87. The summed E-state index contributed by atoms with van der Waals surface area (Å²) in [5, 5.41) is 4.76. The predicted molar refractivity (Wildman–Crippen MR) is 62.9 cm³/mol. The summed E-state index contributed by atoms with van der Waals surface area (Å²) in [6.45, 7) is 0.656. The quantitative estimate of drug-likeness (QED) is 0.832. The zero-order chi connectivity index (χ0) is 10.3. The second-order valence-corrected chi connectivity index (χ2v) is 5.51. The van der Waals surface area contributed by atoms with Crippen LogP contribution in [0, 0.1) is 0 Å². The van der Waals surface area contributed by atoms with Crippen LogP contribution in [0.4, 0.5) is 0 Å². The van der Waals surface area contributed by atoms with Crippen LogP contribution >= 0.6 is 11.8 Å². The lowest BCUT2D eigenvalue weighted by Crippen LogP contribution is -2.22. The Kier molecular flexibility index (Phi) is 2.48. The number of rotatable bonds is 2. The molecular weight excluding hydrogens is 206 g/mol. The van der Waals surface area contributed by atoms with Crippen LogP contribution in [-0.4, -0.2) is 15.5 Å². The molecule has 0 unspecified atom stereocenters. The van der Waals surface area contributed by atoms with E-state index in [2.05, 4.69) is 4.68 Å². The van der Waals surface area contributed by atoms with Crippen molar-refractivity contribution < 1.29 is 0 Å². The Bertz CT molecular complexity index is 368. The van der Waals surface area contributed by atoms with Crippen LogP contribution in [0.2, 0.25) is 0 Å². The molecular formula is C11H17N3S. The molecule has 1 saturated carbocycles. The Balaban J connectivity index is 2.01. The van der Waals surface area contributed by atoms with Gasteiger partial charge in [0.05, 0.1) is 17.4 Å². The summed E-state index contributed by atoms with van der Waals surface area (Å²) in [6, 6.07) is 0.652. The molecule has 0 aromatic carbocycles. The molecule has 0 spiro atoms. The van der Waals surface area contributed by atoms with Crippen molar-refractivity contribution in [2.45, 2.75) is 44.0 Å². The average molecular weight is 223 g/mol. The van der Waals surface area contributed by atoms with E-state index in [-0.39, 0.29) is 0 Å². The normalized spacial score (nSPS) is 21.1. The predicted octanol–water partition coefficient (Wildman–Crippen LogP) is 1.86. The molecule has 1 fully saturated rings. The van der Waals surface area contributed by atoms with Gasteiger partial charge in [-0.05, 0) is 37.0 Å². The number of nitrogens with two attached hydrogens (primary N) is 1. The van der Waals surface area contributed by atoms with Gasteiger partial charge in [-0.3, -0.25) is 4.68 Å². The number of hydrogen-bond donors (Lipinski definition) is 1. The maximum Gasteiger partial charge on any atom is 0.0759 e. The molecule has 0 saturated heterocycles. The van der Waals surface area contributed by atoms with Gasteiger partial charge >= 0.3 is 0 Å².